The second-order valence-electron chi connectivity index (χ2n) is 3.79. The number of nitrogens with zero attached hydrogens (tertiary/aromatic N) is 2. The van der Waals surface area contributed by atoms with Crippen molar-refractivity contribution in [1.82, 2.24) is 9.97 Å². The van der Waals surface area contributed by atoms with E-state index in [1.165, 1.54) is 6.42 Å². The van der Waals surface area contributed by atoms with Crippen molar-refractivity contribution in [3.63, 3.8) is 0 Å². The van der Waals surface area contributed by atoms with E-state index in [1.54, 1.807) is 18.5 Å². The molecule has 4 heteroatoms. The number of aliphatic hydroxyl groups is 1. The van der Waals surface area contributed by atoms with Crippen molar-refractivity contribution in [3.8, 4) is 0 Å². The molecular weight excluding hydrogens is 178 g/mol. The number of hydrogen-bond acceptors (Lipinski definition) is 4. The van der Waals surface area contributed by atoms with Crippen molar-refractivity contribution in [2.75, 3.05) is 5.32 Å². The summed E-state index contributed by atoms with van der Waals surface area (Å²) in [6.45, 7) is 0. The van der Waals surface area contributed by atoms with Gasteiger partial charge in [0.1, 0.15) is 5.72 Å². The van der Waals surface area contributed by atoms with Crippen molar-refractivity contribution < 1.29 is 5.11 Å². The quantitative estimate of drug-likeness (QED) is 0.699. The smallest absolute Gasteiger partial charge is 0.224 e. The van der Waals surface area contributed by atoms with E-state index in [2.05, 4.69) is 15.3 Å². The molecule has 0 radical (unpaired) electrons. The lowest BCUT2D eigenvalue weighted by molar-refractivity contribution is 0.0309. The second-order valence-corrected chi connectivity index (χ2v) is 3.79. The third kappa shape index (κ3) is 2.20. The van der Waals surface area contributed by atoms with Gasteiger partial charge in [0.15, 0.2) is 0 Å². The van der Waals surface area contributed by atoms with E-state index in [0.717, 1.165) is 25.7 Å². The molecule has 0 unspecified atom stereocenters. The van der Waals surface area contributed by atoms with Gasteiger partial charge in [-0.25, -0.2) is 9.97 Å². The summed E-state index contributed by atoms with van der Waals surface area (Å²) in [5.41, 5.74) is -0.792. The molecule has 1 aliphatic carbocycles. The van der Waals surface area contributed by atoms with E-state index in [1.807, 2.05) is 0 Å². The first-order chi connectivity index (χ1) is 6.79. The summed E-state index contributed by atoms with van der Waals surface area (Å²) in [5.74, 6) is 0.511. The summed E-state index contributed by atoms with van der Waals surface area (Å²) in [7, 11) is 0. The van der Waals surface area contributed by atoms with E-state index < -0.39 is 5.72 Å². The average molecular weight is 193 g/mol. The van der Waals surface area contributed by atoms with Crippen LogP contribution in [0.25, 0.3) is 0 Å². The summed E-state index contributed by atoms with van der Waals surface area (Å²) in [6.07, 6.45) is 8.24. The van der Waals surface area contributed by atoms with Crippen LogP contribution < -0.4 is 5.32 Å². The first-order valence-electron chi connectivity index (χ1n) is 5.06. The topological polar surface area (TPSA) is 58.0 Å². The third-order valence-electron chi connectivity index (χ3n) is 2.59. The molecule has 0 aliphatic heterocycles. The van der Waals surface area contributed by atoms with Gasteiger partial charge in [0.05, 0.1) is 0 Å². The van der Waals surface area contributed by atoms with E-state index in [-0.39, 0.29) is 0 Å². The highest BCUT2D eigenvalue weighted by molar-refractivity contribution is 5.26. The monoisotopic (exact) mass is 193 g/mol. The van der Waals surface area contributed by atoms with Crippen LogP contribution in [0.2, 0.25) is 0 Å². The molecule has 0 spiro atoms. The van der Waals surface area contributed by atoms with Gasteiger partial charge in [-0.2, -0.15) is 0 Å². The number of rotatable bonds is 2. The Morgan fingerprint density at radius 3 is 2.43 bits per heavy atom. The van der Waals surface area contributed by atoms with Crippen LogP contribution >= 0.6 is 0 Å². The van der Waals surface area contributed by atoms with Crippen molar-refractivity contribution in [1.29, 1.82) is 0 Å². The Balaban J connectivity index is 2.02. The summed E-state index contributed by atoms with van der Waals surface area (Å²) < 4.78 is 0. The highest BCUT2D eigenvalue weighted by atomic mass is 16.3. The van der Waals surface area contributed by atoms with Gasteiger partial charge >= 0.3 is 0 Å². The third-order valence-corrected chi connectivity index (χ3v) is 2.59. The Kier molecular flexibility index (Phi) is 2.63. The molecule has 1 saturated carbocycles. The Labute approximate surface area is 83.4 Å². The van der Waals surface area contributed by atoms with E-state index in [9.17, 15) is 5.11 Å². The van der Waals surface area contributed by atoms with E-state index in [4.69, 9.17) is 0 Å². The summed E-state index contributed by atoms with van der Waals surface area (Å²) in [5, 5.41) is 13.1. The lowest BCUT2D eigenvalue weighted by atomic mass is 9.92. The van der Waals surface area contributed by atoms with Gasteiger partial charge in [-0.1, -0.05) is 6.42 Å². The Morgan fingerprint density at radius 2 is 1.79 bits per heavy atom. The standard InChI is InChI=1S/C10H15N3O/c14-10(5-2-1-3-6-10)13-9-11-7-4-8-12-9/h4,7-8,14H,1-3,5-6H2,(H,11,12,13). The molecule has 0 bridgehead atoms. The highest BCUT2D eigenvalue weighted by Gasteiger charge is 2.29. The molecule has 0 aromatic carbocycles. The van der Waals surface area contributed by atoms with Crippen LogP contribution in [0.4, 0.5) is 5.95 Å². The molecule has 0 saturated heterocycles. The highest BCUT2D eigenvalue weighted by Crippen LogP contribution is 2.27. The first-order valence-corrected chi connectivity index (χ1v) is 5.06. The van der Waals surface area contributed by atoms with Crippen molar-refractivity contribution >= 4 is 5.95 Å². The maximum atomic E-state index is 10.1. The minimum Gasteiger partial charge on any atom is -0.371 e. The number of aromatic nitrogens is 2. The van der Waals surface area contributed by atoms with E-state index >= 15 is 0 Å². The van der Waals surface area contributed by atoms with Gasteiger partial charge in [0.2, 0.25) is 5.95 Å². The minimum atomic E-state index is -0.792. The molecule has 0 atom stereocenters. The molecule has 1 aromatic heterocycles. The molecule has 1 fully saturated rings. The van der Waals surface area contributed by atoms with Gasteiger partial charge in [-0.15, -0.1) is 0 Å². The van der Waals surface area contributed by atoms with Gasteiger partial charge < -0.3 is 10.4 Å². The molecular formula is C10H15N3O. The number of anilines is 1. The summed E-state index contributed by atoms with van der Waals surface area (Å²) in [4.78, 5) is 8.07. The van der Waals surface area contributed by atoms with Crippen molar-refractivity contribution in [2.24, 2.45) is 0 Å². The summed E-state index contributed by atoms with van der Waals surface area (Å²) in [6, 6.07) is 1.76. The zero-order valence-corrected chi connectivity index (χ0v) is 8.11. The van der Waals surface area contributed by atoms with Gasteiger partial charge in [-0.05, 0) is 31.7 Å². The lowest BCUT2D eigenvalue weighted by Crippen LogP contribution is -2.40. The van der Waals surface area contributed by atoms with Gasteiger partial charge in [-0.3, -0.25) is 0 Å². The number of nitrogens with one attached hydrogen (secondary N) is 1. The van der Waals surface area contributed by atoms with Crippen LogP contribution in [0.15, 0.2) is 18.5 Å². The van der Waals surface area contributed by atoms with E-state index in [0.29, 0.717) is 5.95 Å². The predicted molar refractivity (Wildman–Crippen MR) is 53.7 cm³/mol. The van der Waals surface area contributed by atoms with Crippen molar-refractivity contribution in [3.05, 3.63) is 18.5 Å². The van der Waals surface area contributed by atoms with Gasteiger partial charge in [0.25, 0.3) is 0 Å². The Morgan fingerprint density at radius 1 is 1.14 bits per heavy atom. The lowest BCUT2D eigenvalue weighted by Gasteiger charge is -2.32. The predicted octanol–water partition coefficient (Wildman–Crippen LogP) is 1.54. The maximum absolute atomic E-state index is 10.1. The van der Waals surface area contributed by atoms with Crippen LogP contribution in [0, 0.1) is 0 Å². The zero-order chi connectivity index (χ0) is 9.86. The molecule has 2 rings (SSSR count). The molecule has 76 valence electrons. The van der Waals surface area contributed by atoms with Crippen LogP contribution in [-0.4, -0.2) is 20.8 Å². The minimum absolute atomic E-state index is 0.511. The second kappa shape index (κ2) is 3.92. The SMILES string of the molecule is OC1(Nc2ncccn2)CCCCC1. The molecule has 14 heavy (non-hydrogen) atoms. The fraction of sp³-hybridized carbons (Fsp3) is 0.600. The molecule has 4 nitrogen and oxygen atoms in total. The first kappa shape index (κ1) is 9.40. The largest absolute Gasteiger partial charge is 0.371 e. The van der Waals surface area contributed by atoms with Gasteiger partial charge in [0, 0.05) is 12.4 Å². The molecule has 0 amide bonds. The maximum Gasteiger partial charge on any atom is 0.224 e. The average Bonchev–Trinajstić information content (AvgIpc) is 2.19. The normalized spacial score (nSPS) is 20.4. The fourth-order valence-electron chi connectivity index (χ4n) is 1.83. The zero-order valence-electron chi connectivity index (χ0n) is 8.11. The van der Waals surface area contributed by atoms with Crippen LogP contribution in [0.5, 0.6) is 0 Å². The molecule has 2 N–H and O–H groups in total. The Bertz CT molecular complexity index is 283. The fourth-order valence-corrected chi connectivity index (χ4v) is 1.83. The molecule has 1 aromatic rings. The Hall–Kier alpha value is -1.16. The summed E-state index contributed by atoms with van der Waals surface area (Å²) >= 11 is 0. The van der Waals surface area contributed by atoms with Crippen LogP contribution in [0.1, 0.15) is 32.1 Å². The van der Waals surface area contributed by atoms with Crippen LogP contribution in [-0.2, 0) is 0 Å². The molecule has 1 aliphatic rings. The van der Waals surface area contributed by atoms with Crippen molar-refractivity contribution in [2.45, 2.75) is 37.8 Å². The van der Waals surface area contributed by atoms with Crippen LogP contribution in [0.3, 0.4) is 0 Å². The molecule has 1 heterocycles. The number of hydrogen-bond donors (Lipinski definition) is 2.